The molecule has 0 aliphatic carbocycles. The van der Waals surface area contributed by atoms with Crippen LogP contribution in [0.25, 0.3) is 11.5 Å². The van der Waals surface area contributed by atoms with Crippen molar-refractivity contribution < 1.29 is 4.52 Å². The average molecular weight is 204 g/mol. The lowest BCUT2D eigenvalue weighted by Crippen LogP contribution is -1.96. The third kappa shape index (κ3) is 1.68. The van der Waals surface area contributed by atoms with Crippen LogP contribution in [0.3, 0.4) is 0 Å². The summed E-state index contributed by atoms with van der Waals surface area (Å²) in [6.45, 7) is 4.05. The molecule has 2 heterocycles. The van der Waals surface area contributed by atoms with Crippen LogP contribution in [0.2, 0.25) is 0 Å². The molecule has 0 aromatic carbocycles. The van der Waals surface area contributed by atoms with E-state index in [9.17, 15) is 0 Å². The van der Waals surface area contributed by atoms with Crippen LogP contribution in [-0.2, 0) is 0 Å². The first-order valence-electron chi connectivity index (χ1n) is 4.72. The van der Waals surface area contributed by atoms with Gasteiger partial charge in [-0.05, 0) is 12.0 Å². The molecule has 78 valence electrons. The standard InChI is InChI=1S/C10H12N4O/c1-6(2)7-8(14-15-9(7)11)10-12-4-3-5-13-10/h3-6H,11H2,1-2H3. The van der Waals surface area contributed by atoms with E-state index in [0.717, 1.165) is 5.56 Å². The van der Waals surface area contributed by atoms with Gasteiger partial charge in [0.2, 0.25) is 5.88 Å². The minimum absolute atomic E-state index is 0.232. The van der Waals surface area contributed by atoms with Gasteiger partial charge >= 0.3 is 0 Å². The van der Waals surface area contributed by atoms with Crippen LogP contribution in [0.1, 0.15) is 25.3 Å². The zero-order valence-corrected chi connectivity index (χ0v) is 8.64. The van der Waals surface area contributed by atoms with Crippen molar-refractivity contribution in [2.45, 2.75) is 19.8 Å². The number of nitrogens with two attached hydrogens (primary N) is 1. The number of nitrogen functional groups attached to an aromatic ring is 1. The van der Waals surface area contributed by atoms with Crippen molar-refractivity contribution in [2.75, 3.05) is 5.73 Å². The summed E-state index contributed by atoms with van der Waals surface area (Å²) in [7, 11) is 0. The molecule has 15 heavy (non-hydrogen) atoms. The molecule has 2 aromatic heterocycles. The normalized spacial score (nSPS) is 10.9. The maximum atomic E-state index is 5.69. The third-order valence-electron chi connectivity index (χ3n) is 2.11. The highest BCUT2D eigenvalue weighted by Crippen LogP contribution is 2.30. The van der Waals surface area contributed by atoms with Gasteiger partial charge in [-0.2, -0.15) is 0 Å². The van der Waals surface area contributed by atoms with Crippen molar-refractivity contribution in [1.29, 1.82) is 0 Å². The second kappa shape index (κ2) is 3.68. The summed E-state index contributed by atoms with van der Waals surface area (Å²) in [4.78, 5) is 8.23. The largest absolute Gasteiger partial charge is 0.367 e. The molecule has 0 unspecified atom stereocenters. The van der Waals surface area contributed by atoms with Gasteiger partial charge < -0.3 is 10.3 Å². The Kier molecular flexibility index (Phi) is 2.37. The summed E-state index contributed by atoms with van der Waals surface area (Å²) in [5.41, 5.74) is 7.19. The molecule has 0 bridgehead atoms. The number of anilines is 1. The first-order valence-corrected chi connectivity index (χ1v) is 4.72. The van der Waals surface area contributed by atoms with Crippen molar-refractivity contribution in [3.63, 3.8) is 0 Å². The van der Waals surface area contributed by atoms with Crippen LogP contribution < -0.4 is 5.73 Å². The van der Waals surface area contributed by atoms with Gasteiger partial charge in [-0.15, -0.1) is 0 Å². The van der Waals surface area contributed by atoms with E-state index in [-0.39, 0.29) is 5.92 Å². The Morgan fingerprint density at radius 2 is 1.93 bits per heavy atom. The smallest absolute Gasteiger partial charge is 0.226 e. The minimum Gasteiger partial charge on any atom is -0.367 e. The van der Waals surface area contributed by atoms with Gasteiger partial charge in [-0.1, -0.05) is 19.0 Å². The zero-order chi connectivity index (χ0) is 10.8. The molecule has 0 radical (unpaired) electrons. The molecule has 0 amide bonds. The molecule has 0 saturated carbocycles. The predicted molar refractivity (Wildman–Crippen MR) is 56.0 cm³/mol. The van der Waals surface area contributed by atoms with E-state index in [0.29, 0.717) is 17.4 Å². The Labute approximate surface area is 87.3 Å². The van der Waals surface area contributed by atoms with Gasteiger partial charge in [0, 0.05) is 12.4 Å². The van der Waals surface area contributed by atoms with Crippen LogP contribution in [0.15, 0.2) is 23.0 Å². The molecule has 0 aliphatic heterocycles. The summed E-state index contributed by atoms with van der Waals surface area (Å²) in [6, 6.07) is 1.75. The summed E-state index contributed by atoms with van der Waals surface area (Å²) < 4.78 is 4.96. The van der Waals surface area contributed by atoms with Crippen molar-refractivity contribution >= 4 is 5.88 Å². The van der Waals surface area contributed by atoms with E-state index >= 15 is 0 Å². The van der Waals surface area contributed by atoms with E-state index in [1.54, 1.807) is 18.5 Å². The van der Waals surface area contributed by atoms with Crippen molar-refractivity contribution in [3.8, 4) is 11.5 Å². The van der Waals surface area contributed by atoms with Crippen LogP contribution >= 0.6 is 0 Å². The quantitative estimate of drug-likeness (QED) is 0.807. The van der Waals surface area contributed by atoms with E-state index in [1.165, 1.54) is 0 Å². The van der Waals surface area contributed by atoms with Crippen molar-refractivity contribution in [3.05, 3.63) is 24.0 Å². The molecule has 5 nitrogen and oxygen atoms in total. The van der Waals surface area contributed by atoms with Crippen LogP contribution in [0.4, 0.5) is 5.88 Å². The fourth-order valence-corrected chi connectivity index (χ4v) is 1.45. The van der Waals surface area contributed by atoms with Crippen LogP contribution in [-0.4, -0.2) is 15.1 Å². The molecule has 0 spiro atoms. The number of hydrogen-bond donors (Lipinski definition) is 1. The molecule has 0 fully saturated rings. The van der Waals surface area contributed by atoms with Crippen LogP contribution in [0, 0.1) is 0 Å². The number of aromatic nitrogens is 3. The van der Waals surface area contributed by atoms with E-state index in [4.69, 9.17) is 10.3 Å². The van der Waals surface area contributed by atoms with Gasteiger partial charge in [-0.3, -0.25) is 0 Å². The molecular formula is C10H12N4O. The Bertz CT molecular complexity index is 450. The Morgan fingerprint density at radius 3 is 2.53 bits per heavy atom. The van der Waals surface area contributed by atoms with Crippen molar-refractivity contribution in [2.24, 2.45) is 0 Å². The van der Waals surface area contributed by atoms with E-state index in [2.05, 4.69) is 15.1 Å². The lowest BCUT2D eigenvalue weighted by Gasteiger charge is -2.03. The summed E-state index contributed by atoms with van der Waals surface area (Å²) >= 11 is 0. The number of hydrogen-bond acceptors (Lipinski definition) is 5. The molecule has 0 aliphatic rings. The highest BCUT2D eigenvalue weighted by atomic mass is 16.5. The first-order chi connectivity index (χ1) is 7.20. The maximum absolute atomic E-state index is 5.69. The zero-order valence-electron chi connectivity index (χ0n) is 8.64. The van der Waals surface area contributed by atoms with Gasteiger partial charge in [0.15, 0.2) is 11.5 Å². The maximum Gasteiger partial charge on any atom is 0.226 e. The second-order valence-corrected chi connectivity index (χ2v) is 3.54. The highest BCUT2D eigenvalue weighted by Gasteiger charge is 2.19. The number of nitrogens with zero attached hydrogens (tertiary/aromatic N) is 3. The Morgan fingerprint density at radius 1 is 1.27 bits per heavy atom. The third-order valence-corrected chi connectivity index (χ3v) is 2.11. The molecule has 2 rings (SSSR count). The van der Waals surface area contributed by atoms with Gasteiger partial charge in [-0.25, -0.2) is 9.97 Å². The van der Waals surface area contributed by atoms with E-state index < -0.39 is 0 Å². The predicted octanol–water partition coefficient (Wildman–Crippen LogP) is 1.84. The second-order valence-electron chi connectivity index (χ2n) is 3.54. The van der Waals surface area contributed by atoms with Gasteiger partial charge in [0.1, 0.15) is 0 Å². The summed E-state index contributed by atoms with van der Waals surface area (Å²) in [6.07, 6.45) is 3.33. The molecular weight excluding hydrogens is 192 g/mol. The monoisotopic (exact) mass is 204 g/mol. The molecule has 2 N–H and O–H groups in total. The minimum atomic E-state index is 0.232. The number of rotatable bonds is 2. The SMILES string of the molecule is CC(C)c1c(-c2ncccn2)noc1N. The Balaban J connectivity index is 2.54. The fourth-order valence-electron chi connectivity index (χ4n) is 1.45. The fraction of sp³-hybridized carbons (Fsp3) is 0.300. The van der Waals surface area contributed by atoms with Gasteiger partial charge in [0.05, 0.1) is 5.56 Å². The summed E-state index contributed by atoms with van der Waals surface area (Å²) in [5.74, 6) is 1.11. The highest BCUT2D eigenvalue weighted by molar-refractivity contribution is 5.61. The average Bonchev–Trinajstić information content (AvgIpc) is 2.61. The molecule has 5 heteroatoms. The lowest BCUT2D eigenvalue weighted by molar-refractivity contribution is 0.437. The topological polar surface area (TPSA) is 77.8 Å². The first kappa shape index (κ1) is 9.64. The molecule has 0 atom stereocenters. The van der Waals surface area contributed by atoms with Gasteiger partial charge in [0.25, 0.3) is 0 Å². The molecule has 2 aromatic rings. The molecule has 0 saturated heterocycles. The lowest BCUT2D eigenvalue weighted by atomic mass is 10.0. The summed E-state index contributed by atoms with van der Waals surface area (Å²) in [5, 5.41) is 3.88. The van der Waals surface area contributed by atoms with E-state index in [1.807, 2.05) is 13.8 Å². The Hall–Kier alpha value is -1.91. The van der Waals surface area contributed by atoms with Crippen molar-refractivity contribution in [1.82, 2.24) is 15.1 Å². The van der Waals surface area contributed by atoms with Crippen LogP contribution in [0.5, 0.6) is 0 Å².